The van der Waals surface area contributed by atoms with Gasteiger partial charge in [0.05, 0.1) is 6.54 Å². The Kier molecular flexibility index (Phi) is 6.12. The van der Waals surface area contributed by atoms with Crippen LogP contribution in [-0.4, -0.2) is 57.7 Å². The number of carbonyl (C=O) groups is 2. The van der Waals surface area contributed by atoms with Crippen molar-refractivity contribution in [3.8, 4) is 0 Å². The van der Waals surface area contributed by atoms with E-state index in [2.05, 4.69) is 22.5 Å². The van der Waals surface area contributed by atoms with Crippen LogP contribution in [0.5, 0.6) is 0 Å². The maximum Gasteiger partial charge on any atom is 0.317 e. The van der Waals surface area contributed by atoms with Crippen LogP contribution in [0.25, 0.3) is 0 Å². The normalized spacial score (nSPS) is 17.5. The van der Waals surface area contributed by atoms with Gasteiger partial charge in [0.25, 0.3) is 0 Å². The minimum atomic E-state index is -0.0467. The summed E-state index contributed by atoms with van der Waals surface area (Å²) in [5, 5.41) is 7.26. The molecule has 2 aliphatic heterocycles. The molecule has 0 spiro atoms. The number of hydrogen-bond acceptors (Lipinski definition) is 3. The quantitative estimate of drug-likeness (QED) is 0.846. The van der Waals surface area contributed by atoms with E-state index in [0.29, 0.717) is 26.2 Å². The van der Waals surface area contributed by atoms with Gasteiger partial charge in [0.15, 0.2) is 0 Å². The molecule has 0 bridgehead atoms. The summed E-state index contributed by atoms with van der Waals surface area (Å²) in [4.78, 5) is 28.9. The Balaban J connectivity index is 1.23. The smallest absolute Gasteiger partial charge is 0.317 e. The van der Waals surface area contributed by atoms with Crippen molar-refractivity contribution in [3.63, 3.8) is 0 Å². The van der Waals surface area contributed by atoms with E-state index in [0.717, 1.165) is 49.9 Å². The minimum absolute atomic E-state index is 0.0467. The number of nitrogens with one attached hydrogen (secondary N) is 1. The molecule has 3 heterocycles. The molecule has 0 atom stereocenters. The van der Waals surface area contributed by atoms with Crippen LogP contribution in [0.1, 0.15) is 36.8 Å². The summed E-state index contributed by atoms with van der Waals surface area (Å²) in [6.07, 6.45) is 7.48. The zero-order valence-electron chi connectivity index (χ0n) is 16.8. The van der Waals surface area contributed by atoms with Crippen LogP contribution in [0.4, 0.5) is 4.79 Å². The first-order valence-electron chi connectivity index (χ1n) is 10.6. The molecule has 4 rings (SSSR count). The van der Waals surface area contributed by atoms with E-state index in [1.54, 1.807) is 6.20 Å². The molecule has 1 aromatic heterocycles. The monoisotopic (exact) mass is 395 g/mol. The van der Waals surface area contributed by atoms with E-state index in [4.69, 9.17) is 0 Å². The number of benzene rings is 1. The summed E-state index contributed by atoms with van der Waals surface area (Å²) >= 11 is 0. The number of carbonyl (C=O) groups excluding carboxylic acids is 2. The SMILES string of the molecule is O=C(NCc1cccc(Cn2cccn2)c1)N1CCC(C(=O)N2CCCC2)CC1. The van der Waals surface area contributed by atoms with E-state index in [1.165, 1.54) is 0 Å². The van der Waals surface area contributed by atoms with E-state index in [-0.39, 0.29) is 17.9 Å². The van der Waals surface area contributed by atoms with Crippen molar-refractivity contribution >= 4 is 11.9 Å². The standard InChI is InChI=1S/C22H29N5O2/c28-21(25-10-1-2-11-25)20-7-13-26(14-8-20)22(29)23-16-18-5-3-6-19(15-18)17-27-12-4-9-24-27/h3-6,9,12,15,20H,1-2,7-8,10-11,13-14,16-17H2,(H,23,29). The van der Waals surface area contributed by atoms with Gasteiger partial charge in [-0.1, -0.05) is 24.3 Å². The number of hydrogen-bond donors (Lipinski definition) is 1. The average Bonchev–Trinajstić information content (AvgIpc) is 3.46. The first kappa shape index (κ1) is 19.5. The van der Waals surface area contributed by atoms with Crippen LogP contribution < -0.4 is 5.32 Å². The first-order chi connectivity index (χ1) is 14.2. The number of nitrogens with zero attached hydrogens (tertiary/aromatic N) is 4. The lowest BCUT2D eigenvalue weighted by Gasteiger charge is -2.33. The maximum atomic E-state index is 12.6. The van der Waals surface area contributed by atoms with Crippen LogP contribution in [-0.2, 0) is 17.9 Å². The minimum Gasteiger partial charge on any atom is -0.342 e. The largest absolute Gasteiger partial charge is 0.342 e. The number of amides is 3. The third-order valence-electron chi connectivity index (χ3n) is 5.89. The van der Waals surface area contributed by atoms with Gasteiger partial charge in [-0.3, -0.25) is 9.48 Å². The fourth-order valence-corrected chi connectivity index (χ4v) is 4.23. The van der Waals surface area contributed by atoms with E-state index < -0.39 is 0 Å². The van der Waals surface area contributed by atoms with Gasteiger partial charge in [-0.15, -0.1) is 0 Å². The molecule has 0 aliphatic carbocycles. The highest BCUT2D eigenvalue weighted by Crippen LogP contribution is 2.22. The van der Waals surface area contributed by atoms with Gasteiger partial charge in [-0.2, -0.15) is 5.10 Å². The van der Waals surface area contributed by atoms with E-state index >= 15 is 0 Å². The van der Waals surface area contributed by atoms with Gasteiger partial charge in [0, 0.05) is 51.0 Å². The highest BCUT2D eigenvalue weighted by atomic mass is 16.2. The molecule has 0 saturated carbocycles. The third-order valence-corrected chi connectivity index (χ3v) is 5.89. The fraction of sp³-hybridized carbons (Fsp3) is 0.500. The van der Waals surface area contributed by atoms with Gasteiger partial charge in [-0.05, 0) is 42.9 Å². The predicted molar refractivity (Wildman–Crippen MR) is 110 cm³/mol. The molecule has 154 valence electrons. The van der Waals surface area contributed by atoms with Crippen molar-refractivity contribution in [3.05, 3.63) is 53.9 Å². The summed E-state index contributed by atoms with van der Waals surface area (Å²) in [7, 11) is 0. The molecule has 3 amide bonds. The molecule has 29 heavy (non-hydrogen) atoms. The molecule has 2 fully saturated rings. The molecule has 2 aromatic rings. The second kappa shape index (κ2) is 9.11. The van der Waals surface area contributed by atoms with E-state index in [1.807, 2.05) is 38.9 Å². The summed E-state index contributed by atoms with van der Waals surface area (Å²) in [6, 6.07) is 10.1. The van der Waals surface area contributed by atoms with Crippen molar-refractivity contribution in [1.29, 1.82) is 0 Å². The first-order valence-corrected chi connectivity index (χ1v) is 10.6. The molecular formula is C22H29N5O2. The summed E-state index contributed by atoms with van der Waals surface area (Å²) in [5.74, 6) is 0.368. The van der Waals surface area contributed by atoms with Gasteiger partial charge in [-0.25, -0.2) is 4.79 Å². The summed E-state index contributed by atoms with van der Waals surface area (Å²) in [5.41, 5.74) is 2.23. The lowest BCUT2D eigenvalue weighted by atomic mass is 9.95. The zero-order valence-corrected chi connectivity index (χ0v) is 16.8. The molecule has 7 heteroatoms. The Morgan fingerprint density at radius 2 is 1.76 bits per heavy atom. The molecule has 1 aromatic carbocycles. The van der Waals surface area contributed by atoms with Gasteiger partial charge >= 0.3 is 6.03 Å². The lowest BCUT2D eigenvalue weighted by Crippen LogP contribution is -2.47. The molecule has 0 unspecified atom stereocenters. The van der Waals surface area contributed by atoms with Gasteiger partial charge in [0.2, 0.25) is 5.91 Å². The van der Waals surface area contributed by atoms with Crippen LogP contribution in [0.3, 0.4) is 0 Å². The number of piperidine rings is 1. The number of aromatic nitrogens is 2. The van der Waals surface area contributed by atoms with Crippen molar-refractivity contribution in [1.82, 2.24) is 24.9 Å². The highest BCUT2D eigenvalue weighted by Gasteiger charge is 2.31. The molecule has 0 radical (unpaired) electrons. The zero-order chi connectivity index (χ0) is 20.1. The van der Waals surface area contributed by atoms with Crippen LogP contribution in [0.2, 0.25) is 0 Å². The van der Waals surface area contributed by atoms with Gasteiger partial charge in [0.1, 0.15) is 0 Å². The van der Waals surface area contributed by atoms with Crippen molar-refractivity contribution in [2.45, 2.75) is 38.8 Å². The Bertz CT molecular complexity index is 821. The molecule has 7 nitrogen and oxygen atoms in total. The van der Waals surface area contributed by atoms with Crippen LogP contribution in [0.15, 0.2) is 42.7 Å². The number of likely N-dealkylation sites (tertiary alicyclic amines) is 2. The van der Waals surface area contributed by atoms with Crippen molar-refractivity contribution in [2.75, 3.05) is 26.2 Å². The summed E-state index contributed by atoms with van der Waals surface area (Å²) < 4.78 is 1.88. The second-order valence-electron chi connectivity index (χ2n) is 7.98. The highest BCUT2D eigenvalue weighted by molar-refractivity contribution is 5.80. The molecule has 2 aliphatic rings. The Morgan fingerprint density at radius 1 is 1.00 bits per heavy atom. The predicted octanol–water partition coefficient (Wildman–Crippen LogP) is 2.48. The van der Waals surface area contributed by atoms with Crippen LogP contribution >= 0.6 is 0 Å². The average molecular weight is 396 g/mol. The molecule has 1 N–H and O–H groups in total. The number of urea groups is 1. The Morgan fingerprint density at radius 3 is 2.48 bits per heavy atom. The molecule has 2 saturated heterocycles. The number of rotatable bonds is 5. The summed E-state index contributed by atoms with van der Waals surface area (Å²) in [6.45, 7) is 4.31. The van der Waals surface area contributed by atoms with Gasteiger partial charge < -0.3 is 15.1 Å². The van der Waals surface area contributed by atoms with Crippen molar-refractivity contribution in [2.24, 2.45) is 5.92 Å². The third kappa shape index (κ3) is 4.96. The second-order valence-corrected chi connectivity index (χ2v) is 7.98. The Hall–Kier alpha value is -2.83. The maximum absolute atomic E-state index is 12.6. The van der Waals surface area contributed by atoms with E-state index in [9.17, 15) is 9.59 Å². The van der Waals surface area contributed by atoms with Crippen LogP contribution in [0, 0.1) is 5.92 Å². The van der Waals surface area contributed by atoms with Crippen molar-refractivity contribution < 1.29 is 9.59 Å². The fourth-order valence-electron chi connectivity index (χ4n) is 4.23. The molecular weight excluding hydrogens is 366 g/mol. The lowest BCUT2D eigenvalue weighted by molar-refractivity contribution is -0.135. The topological polar surface area (TPSA) is 70.5 Å². The Labute approximate surface area is 171 Å².